The molecule has 1 saturated heterocycles. The van der Waals surface area contributed by atoms with E-state index >= 15 is 0 Å². The molecular weight excluding hydrogens is 400 g/mol. The molecule has 1 heterocycles. The largest absolute Gasteiger partial charge is 0.461 e. The molecule has 0 radical (unpaired) electrons. The van der Waals surface area contributed by atoms with Crippen molar-refractivity contribution in [1.29, 1.82) is 0 Å². The van der Waals surface area contributed by atoms with E-state index in [2.05, 4.69) is 5.92 Å². The summed E-state index contributed by atoms with van der Waals surface area (Å²) in [4.78, 5) is 34.7. The number of carbonyl (C=O) groups excluding carboxylic acids is 3. The maximum Gasteiger partial charge on any atom is 0.302 e. The molecule has 0 aliphatic carbocycles. The zero-order chi connectivity index (χ0) is 22.0. The molecule has 0 spiro atoms. The summed E-state index contributed by atoms with van der Waals surface area (Å²) < 4.78 is 22.5. The maximum atomic E-state index is 11.6. The van der Waals surface area contributed by atoms with Crippen molar-refractivity contribution in [2.45, 2.75) is 89.3 Å². The van der Waals surface area contributed by atoms with Crippen LogP contribution in [0.25, 0.3) is 0 Å². The third-order valence-electron chi connectivity index (χ3n) is 4.44. The van der Waals surface area contributed by atoms with Gasteiger partial charge in [-0.2, -0.15) is 0 Å². The Morgan fingerprint density at radius 2 is 1.76 bits per heavy atom. The average molecular weight is 429 g/mol. The van der Waals surface area contributed by atoms with Gasteiger partial charge in [-0.1, -0.05) is 18.9 Å². The third-order valence-corrected chi connectivity index (χ3v) is 4.90. The zero-order valence-corrected chi connectivity index (χ0v) is 18.0. The molecule has 8 heteroatoms. The minimum absolute atomic E-state index is 0.227. The van der Waals surface area contributed by atoms with Gasteiger partial charge in [0.05, 0.1) is 17.6 Å². The van der Waals surface area contributed by atoms with Crippen molar-refractivity contribution in [2.24, 2.45) is 0 Å². The minimum atomic E-state index is -0.691. The fraction of sp³-hybridized carbons (Fsp3) is 0.667. The molecule has 0 aromatic heterocycles. The van der Waals surface area contributed by atoms with Crippen LogP contribution in [0.15, 0.2) is 12.2 Å². The molecule has 162 valence electrons. The van der Waals surface area contributed by atoms with E-state index in [-0.39, 0.29) is 12.8 Å². The molecular formula is C21H29ClO7. The summed E-state index contributed by atoms with van der Waals surface area (Å²) in [6.45, 7) is 5.75. The smallest absolute Gasteiger partial charge is 0.302 e. The van der Waals surface area contributed by atoms with Crippen molar-refractivity contribution in [1.82, 2.24) is 0 Å². The number of hydrogen-bond donors (Lipinski definition) is 0. The topological polar surface area (TPSA) is 88.1 Å². The van der Waals surface area contributed by atoms with Crippen molar-refractivity contribution in [3.05, 3.63) is 12.2 Å². The van der Waals surface area contributed by atoms with Crippen molar-refractivity contribution in [3.8, 4) is 12.3 Å². The minimum Gasteiger partial charge on any atom is -0.461 e. The first-order valence-corrected chi connectivity index (χ1v) is 10.0. The lowest BCUT2D eigenvalue weighted by atomic mass is 9.94. The van der Waals surface area contributed by atoms with E-state index in [0.717, 1.165) is 0 Å². The molecule has 0 bridgehead atoms. The molecule has 0 saturated carbocycles. The van der Waals surface area contributed by atoms with E-state index < -0.39 is 53.8 Å². The van der Waals surface area contributed by atoms with E-state index in [1.54, 1.807) is 6.08 Å². The summed E-state index contributed by atoms with van der Waals surface area (Å²) in [6, 6.07) is 0. The van der Waals surface area contributed by atoms with Gasteiger partial charge in [0, 0.05) is 33.6 Å². The summed E-state index contributed by atoms with van der Waals surface area (Å²) in [6.07, 6.45) is 6.72. The first-order chi connectivity index (χ1) is 13.7. The maximum absolute atomic E-state index is 11.6. The molecule has 0 N–H and O–H groups in total. The molecule has 1 unspecified atom stereocenters. The SMILES string of the molecule is C#C/C=C\C[C@H]1O[C@H](C(CC)OC(C)=O)C[C@@H](OC(C)=O)[C@H](Cl)C[C@H]1OC(C)=O. The van der Waals surface area contributed by atoms with Gasteiger partial charge in [0.1, 0.15) is 18.3 Å². The van der Waals surface area contributed by atoms with Crippen LogP contribution in [0.1, 0.15) is 53.4 Å². The predicted octanol–water partition coefficient (Wildman–Crippen LogP) is 2.93. The summed E-state index contributed by atoms with van der Waals surface area (Å²) in [7, 11) is 0. The Labute approximate surface area is 177 Å². The number of alkyl halides is 1. The molecule has 29 heavy (non-hydrogen) atoms. The second kappa shape index (κ2) is 12.5. The highest BCUT2D eigenvalue weighted by molar-refractivity contribution is 6.21. The first kappa shape index (κ1) is 25.0. The lowest BCUT2D eigenvalue weighted by Gasteiger charge is -2.39. The number of halogens is 1. The van der Waals surface area contributed by atoms with E-state index in [9.17, 15) is 14.4 Å². The molecule has 6 atom stereocenters. The van der Waals surface area contributed by atoms with Crippen molar-refractivity contribution in [2.75, 3.05) is 0 Å². The summed E-state index contributed by atoms with van der Waals surface area (Å²) >= 11 is 6.55. The molecule has 1 fully saturated rings. The summed E-state index contributed by atoms with van der Waals surface area (Å²) in [5, 5.41) is -0.622. The first-order valence-electron chi connectivity index (χ1n) is 9.60. The molecule has 0 aromatic rings. The number of ether oxygens (including phenoxy) is 4. The van der Waals surface area contributed by atoms with Crippen LogP contribution in [0.4, 0.5) is 0 Å². The second-order valence-corrected chi connectivity index (χ2v) is 7.42. The lowest BCUT2D eigenvalue weighted by Crippen LogP contribution is -2.48. The van der Waals surface area contributed by atoms with Gasteiger partial charge in [-0.25, -0.2) is 0 Å². The predicted molar refractivity (Wildman–Crippen MR) is 107 cm³/mol. The standard InChI is InChI=1S/C21H29ClO7/c1-6-8-9-10-18-20(28-15(5)25)11-16(22)19(27-14(4)24)12-21(29-18)17(7-2)26-13(3)23/h1,8-9,16-21H,7,10-12H2,2-5H3/b9-8-/t16-,17?,18-,19-,20-,21+/m1/s1. The third kappa shape index (κ3) is 8.88. The summed E-state index contributed by atoms with van der Waals surface area (Å²) in [5.41, 5.74) is 0. The molecule has 1 rings (SSSR count). The number of hydrogen-bond acceptors (Lipinski definition) is 7. The second-order valence-electron chi connectivity index (χ2n) is 6.86. The Balaban J connectivity index is 3.25. The van der Waals surface area contributed by atoms with Gasteiger partial charge in [0.15, 0.2) is 0 Å². The highest BCUT2D eigenvalue weighted by atomic mass is 35.5. The van der Waals surface area contributed by atoms with Crippen LogP contribution in [0.3, 0.4) is 0 Å². The van der Waals surface area contributed by atoms with E-state index in [1.165, 1.54) is 26.8 Å². The van der Waals surface area contributed by atoms with Crippen LogP contribution in [0.2, 0.25) is 0 Å². The quantitative estimate of drug-likeness (QED) is 0.266. The lowest BCUT2D eigenvalue weighted by molar-refractivity contribution is -0.186. The molecule has 1 aliphatic heterocycles. The fourth-order valence-electron chi connectivity index (χ4n) is 3.29. The molecule has 0 aromatic carbocycles. The van der Waals surface area contributed by atoms with Crippen LogP contribution in [-0.4, -0.2) is 53.8 Å². The highest BCUT2D eigenvalue weighted by Crippen LogP contribution is 2.31. The number of terminal acetylenes is 1. The molecule has 0 amide bonds. The Hall–Kier alpha value is -2.04. The Bertz CT molecular complexity index is 639. The van der Waals surface area contributed by atoms with Crippen molar-refractivity contribution < 1.29 is 33.3 Å². The number of rotatable bonds is 7. The van der Waals surface area contributed by atoms with Crippen molar-refractivity contribution >= 4 is 29.5 Å². The number of esters is 3. The average Bonchev–Trinajstić information content (AvgIpc) is 2.61. The van der Waals surface area contributed by atoms with Gasteiger partial charge in [-0.15, -0.1) is 18.0 Å². The normalized spacial score (nSPS) is 28.5. The Morgan fingerprint density at radius 1 is 1.14 bits per heavy atom. The summed E-state index contributed by atoms with van der Waals surface area (Å²) in [5.74, 6) is 0.980. The Morgan fingerprint density at radius 3 is 2.28 bits per heavy atom. The van der Waals surface area contributed by atoms with E-state index in [0.29, 0.717) is 12.8 Å². The van der Waals surface area contributed by atoms with Gasteiger partial charge in [-0.05, 0) is 18.9 Å². The van der Waals surface area contributed by atoms with E-state index in [4.69, 9.17) is 37.0 Å². The van der Waals surface area contributed by atoms with Gasteiger partial charge >= 0.3 is 17.9 Å². The molecule has 7 nitrogen and oxygen atoms in total. The van der Waals surface area contributed by atoms with Crippen LogP contribution in [-0.2, 0) is 33.3 Å². The monoisotopic (exact) mass is 428 g/mol. The number of carbonyl (C=O) groups is 3. The van der Waals surface area contributed by atoms with Crippen molar-refractivity contribution in [3.63, 3.8) is 0 Å². The van der Waals surface area contributed by atoms with Crippen LogP contribution < -0.4 is 0 Å². The number of allylic oxidation sites excluding steroid dienone is 1. The Kier molecular flexibility index (Phi) is 10.8. The zero-order valence-electron chi connectivity index (χ0n) is 17.3. The van der Waals surface area contributed by atoms with Crippen LogP contribution >= 0.6 is 11.6 Å². The van der Waals surface area contributed by atoms with Gasteiger partial charge in [0.2, 0.25) is 0 Å². The highest BCUT2D eigenvalue weighted by Gasteiger charge is 2.40. The fourth-order valence-corrected chi connectivity index (χ4v) is 3.62. The van der Waals surface area contributed by atoms with Gasteiger partial charge < -0.3 is 18.9 Å². The van der Waals surface area contributed by atoms with Crippen LogP contribution in [0, 0.1) is 12.3 Å². The van der Waals surface area contributed by atoms with Gasteiger partial charge in [0.25, 0.3) is 0 Å². The van der Waals surface area contributed by atoms with E-state index in [1.807, 2.05) is 6.92 Å². The van der Waals surface area contributed by atoms with Gasteiger partial charge in [-0.3, -0.25) is 14.4 Å². The van der Waals surface area contributed by atoms with Crippen LogP contribution in [0.5, 0.6) is 0 Å². The molecule has 1 aliphatic rings.